The predicted molar refractivity (Wildman–Crippen MR) is 115 cm³/mol. The molecule has 5 rings (SSSR count). The zero-order valence-electron chi connectivity index (χ0n) is 17.1. The molecule has 2 aliphatic rings. The smallest absolute Gasteiger partial charge is 0.317 e. The van der Waals surface area contributed by atoms with Crippen LogP contribution in [0.4, 0.5) is 5.69 Å². The highest BCUT2D eigenvalue weighted by Gasteiger charge is 2.55. The van der Waals surface area contributed by atoms with Gasteiger partial charge in [0, 0.05) is 17.7 Å². The van der Waals surface area contributed by atoms with E-state index < -0.39 is 28.6 Å². The third-order valence-electron chi connectivity index (χ3n) is 5.74. The standard InChI is InChI=1S/C22H17N3O6S/c1-22-17(20(27)30-2)18(14-5-3-4-6-15(14)31-22)24-19(26)16(32-21(24)23-22)11-12-7-9-13(10-8-12)25(28)29/h3-11,17-18H,1-2H3/b16-11+/t17-,18-,22-/m1/s1. The number of nitrogens with zero attached hydrogens (tertiary/aromatic N) is 3. The quantitative estimate of drug-likeness (QED) is 0.341. The number of non-ortho nitro benzene ring substituents is 1. The molecule has 0 amide bonds. The molecule has 162 valence electrons. The van der Waals surface area contributed by atoms with Crippen molar-refractivity contribution < 1.29 is 19.2 Å². The Kier molecular flexibility index (Phi) is 4.48. The summed E-state index contributed by atoms with van der Waals surface area (Å²) in [6.07, 6.45) is 1.66. The Morgan fingerprint density at radius 2 is 2.00 bits per heavy atom. The first kappa shape index (κ1) is 20.1. The zero-order valence-corrected chi connectivity index (χ0v) is 17.9. The van der Waals surface area contributed by atoms with Gasteiger partial charge in [0.2, 0.25) is 5.72 Å². The molecule has 0 aliphatic carbocycles. The van der Waals surface area contributed by atoms with Crippen molar-refractivity contribution in [3.8, 4) is 5.75 Å². The number of carbonyl (C=O) groups excluding carboxylic acids is 1. The largest absolute Gasteiger partial charge is 0.469 e. The lowest BCUT2D eigenvalue weighted by molar-refractivity contribution is -0.384. The number of aromatic nitrogens is 1. The Morgan fingerprint density at radius 1 is 1.28 bits per heavy atom. The van der Waals surface area contributed by atoms with Crippen molar-refractivity contribution in [2.45, 2.75) is 18.7 Å². The molecule has 0 spiro atoms. The monoisotopic (exact) mass is 451 g/mol. The van der Waals surface area contributed by atoms with Gasteiger partial charge in [-0.25, -0.2) is 4.99 Å². The van der Waals surface area contributed by atoms with Crippen LogP contribution >= 0.6 is 11.3 Å². The number of fused-ring (bicyclic) bond motifs is 6. The van der Waals surface area contributed by atoms with Crippen molar-refractivity contribution in [3.63, 3.8) is 0 Å². The summed E-state index contributed by atoms with van der Waals surface area (Å²) in [4.78, 5) is 41.7. The molecule has 0 fully saturated rings. The number of methoxy groups -OCH3 is 1. The van der Waals surface area contributed by atoms with Crippen LogP contribution in [0.5, 0.6) is 5.75 Å². The fraction of sp³-hybridized carbons (Fsp3) is 0.227. The first-order valence-corrected chi connectivity index (χ1v) is 10.6. The van der Waals surface area contributed by atoms with E-state index in [0.717, 1.165) is 0 Å². The molecule has 0 unspecified atom stereocenters. The Morgan fingerprint density at radius 3 is 2.69 bits per heavy atom. The lowest BCUT2D eigenvalue weighted by Crippen LogP contribution is -2.58. The van der Waals surface area contributed by atoms with E-state index in [2.05, 4.69) is 4.99 Å². The molecule has 2 bridgehead atoms. The molecule has 3 atom stereocenters. The zero-order chi connectivity index (χ0) is 22.6. The van der Waals surface area contributed by atoms with Gasteiger partial charge in [0.25, 0.3) is 11.2 Å². The molecule has 10 heteroatoms. The summed E-state index contributed by atoms with van der Waals surface area (Å²) in [6.45, 7) is 1.71. The van der Waals surface area contributed by atoms with Crippen LogP contribution in [-0.2, 0) is 9.53 Å². The summed E-state index contributed by atoms with van der Waals surface area (Å²) in [7, 11) is 1.30. The summed E-state index contributed by atoms with van der Waals surface area (Å²) in [5, 5.41) is 10.9. The first-order chi connectivity index (χ1) is 15.3. The summed E-state index contributed by atoms with van der Waals surface area (Å²) in [5.41, 5.74) is -0.213. The summed E-state index contributed by atoms with van der Waals surface area (Å²) in [5.74, 6) is -0.789. The van der Waals surface area contributed by atoms with Gasteiger partial charge in [-0.2, -0.15) is 0 Å². The van der Waals surface area contributed by atoms with Gasteiger partial charge < -0.3 is 9.47 Å². The Bertz CT molecular complexity index is 1440. The molecule has 9 nitrogen and oxygen atoms in total. The van der Waals surface area contributed by atoms with Crippen molar-refractivity contribution in [2.75, 3.05) is 7.11 Å². The van der Waals surface area contributed by atoms with Gasteiger partial charge >= 0.3 is 5.97 Å². The maximum absolute atomic E-state index is 13.4. The number of para-hydroxylation sites is 1. The van der Waals surface area contributed by atoms with E-state index in [1.807, 2.05) is 18.2 Å². The van der Waals surface area contributed by atoms with Crippen LogP contribution in [0.2, 0.25) is 0 Å². The van der Waals surface area contributed by atoms with Gasteiger partial charge in [0.1, 0.15) is 11.7 Å². The number of carbonyl (C=O) groups is 1. The number of rotatable bonds is 3. The molecular weight excluding hydrogens is 434 g/mol. The first-order valence-electron chi connectivity index (χ1n) is 9.75. The summed E-state index contributed by atoms with van der Waals surface area (Å²) >= 11 is 1.18. The van der Waals surface area contributed by atoms with E-state index >= 15 is 0 Å². The van der Waals surface area contributed by atoms with Crippen LogP contribution in [0, 0.1) is 16.0 Å². The van der Waals surface area contributed by atoms with Gasteiger partial charge in [-0.1, -0.05) is 29.5 Å². The minimum atomic E-state index is -1.23. The van der Waals surface area contributed by atoms with Crippen LogP contribution < -0.4 is 19.6 Å². The highest BCUT2D eigenvalue weighted by atomic mass is 32.1. The van der Waals surface area contributed by atoms with Crippen molar-refractivity contribution in [3.05, 3.63) is 89.5 Å². The number of nitro groups is 1. The van der Waals surface area contributed by atoms with Crippen LogP contribution in [0.3, 0.4) is 0 Å². The maximum atomic E-state index is 13.4. The lowest BCUT2D eigenvalue weighted by Gasteiger charge is -2.44. The number of thiazole rings is 1. The molecule has 2 aromatic carbocycles. The third-order valence-corrected chi connectivity index (χ3v) is 6.72. The Balaban J connectivity index is 1.73. The molecule has 3 heterocycles. The normalized spacial score (nSPS) is 23.4. The Hall–Kier alpha value is -3.79. The molecule has 0 radical (unpaired) electrons. The van der Waals surface area contributed by atoms with Gasteiger partial charge in [-0.05, 0) is 36.8 Å². The minimum Gasteiger partial charge on any atom is -0.469 e. The molecule has 3 aromatic rings. The number of esters is 1. The third kappa shape index (κ3) is 2.94. The average molecular weight is 451 g/mol. The molecule has 0 saturated heterocycles. The van der Waals surface area contributed by atoms with E-state index in [9.17, 15) is 19.7 Å². The van der Waals surface area contributed by atoms with Gasteiger partial charge in [-0.15, -0.1) is 0 Å². The number of hydrogen-bond acceptors (Lipinski definition) is 8. The van der Waals surface area contributed by atoms with Crippen molar-refractivity contribution in [1.82, 2.24) is 4.57 Å². The van der Waals surface area contributed by atoms with E-state index in [1.165, 1.54) is 35.1 Å². The predicted octanol–water partition coefficient (Wildman–Crippen LogP) is 1.77. The highest BCUT2D eigenvalue weighted by molar-refractivity contribution is 7.07. The maximum Gasteiger partial charge on any atom is 0.317 e. The molecule has 32 heavy (non-hydrogen) atoms. The van der Waals surface area contributed by atoms with Crippen molar-refractivity contribution in [1.29, 1.82) is 0 Å². The van der Waals surface area contributed by atoms with Crippen LogP contribution in [0.25, 0.3) is 6.08 Å². The second-order valence-corrected chi connectivity index (χ2v) is 8.68. The van der Waals surface area contributed by atoms with Crippen LogP contribution in [-0.4, -0.2) is 28.3 Å². The van der Waals surface area contributed by atoms with Crippen molar-refractivity contribution in [2.24, 2.45) is 10.9 Å². The Labute approximate surface area is 185 Å². The number of nitro benzene ring substituents is 1. The van der Waals surface area contributed by atoms with Crippen molar-refractivity contribution >= 4 is 29.1 Å². The fourth-order valence-electron chi connectivity index (χ4n) is 4.27. The molecule has 1 aromatic heterocycles. The van der Waals surface area contributed by atoms with E-state index in [-0.39, 0.29) is 11.2 Å². The van der Waals surface area contributed by atoms with E-state index in [0.29, 0.717) is 26.2 Å². The number of ether oxygens (including phenoxy) is 2. The SMILES string of the molecule is COC(=O)[C@H]1[C@H]2c3ccccc3O[C@@]1(C)N=c1s/c(=C/c3ccc([N+](=O)[O-])cc3)c(=O)n12. The second-order valence-electron chi connectivity index (χ2n) is 7.67. The highest BCUT2D eigenvalue weighted by Crippen LogP contribution is 2.47. The summed E-state index contributed by atoms with van der Waals surface area (Å²) < 4.78 is 13.1. The average Bonchev–Trinajstić information content (AvgIpc) is 3.06. The lowest BCUT2D eigenvalue weighted by atomic mass is 9.81. The topological polar surface area (TPSA) is 113 Å². The number of hydrogen-bond donors (Lipinski definition) is 0. The molecular formula is C22H17N3O6S. The van der Waals surface area contributed by atoms with Crippen LogP contribution in [0.1, 0.15) is 24.1 Å². The molecule has 0 N–H and O–H groups in total. The van der Waals surface area contributed by atoms with Crippen LogP contribution in [0.15, 0.2) is 58.3 Å². The fourth-order valence-corrected chi connectivity index (χ4v) is 5.37. The summed E-state index contributed by atoms with van der Waals surface area (Å²) in [6, 6.07) is 12.5. The van der Waals surface area contributed by atoms with Gasteiger partial charge in [-0.3, -0.25) is 24.3 Å². The number of benzene rings is 2. The second kappa shape index (κ2) is 7.13. The van der Waals surface area contributed by atoms with E-state index in [1.54, 1.807) is 31.2 Å². The van der Waals surface area contributed by atoms with E-state index in [4.69, 9.17) is 9.47 Å². The van der Waals surface area contributed by atoms with Gasteiger partial charge in [0.05, 0.1) is 22.6 Å². The minimum absolute atomic E-state index is 0.0317. The molecule has 2 aliphatic heterocycles. The molecule has 0 saturated carbocycles. The van der Waals surface area contributed by atoms with Gasteiger partial charge in [0.15, 0.2) is 4.80 Å².